The van der Waals surface area contributed by atoms with E-state index in [-0.39, 0.29) is 6.04 Å². The average Bonchev–Trinajstić information content (AvgIpc) is 2.92. The summed E-state index contributed by atoms with van der Waals surface area (Å²) in [5.74, 6) is 0.753. The zero-order chi connectivity index (χ0) is 12.0. The van der Waals surface area contributed by atoms with Gasteiger partial charge in [-0.05, 0) is 55.1 Å². The highest BCUT2D eigenvalue weighted by molar-refractivity contribution is 5.20. The first-order chi connectivity index (χ1) is 8.15. The van der Waals surface area contributed by atoms with E-state index < -0.39 is 11.6 Å². The van der Waals surface area contributed by atoms with Crippen molar-refractivity contribution >= 4 is 0 Å². The van der Waals surface area contributed by atoms with E-state index in [2.05, 4.69) is 0 Å². The lowest BCUT2D eigenvalue weighted by Gasteiger charge is -2.20. The molecule has 3 unspecified atom stereocenters. The molecule has 17 heavy (non-hydrogen) atoms. The summed E-state index contributed by atoms with van der Waals surface area (Å²) in [6, 6.07) is 4.30. The molecule has 92 valence electrons. The quantitative estimate of drug-likeness (QED) is 0.859. The highest BCUT2D eigenvalue weighted by Gasteiger charge is 2.47. The summed E-state index contributed by atoms with van der Waals surface area (Å²) < 4.78 is 26.6. The topological polar surface area (TPSA) is 26.0 Å². The number of halogens is 2. The second kappa shape index (κ2) is 4.05. The van der Waals surface area contributed by atoms with Crippen LogP contribution in [0.1, 0.15) is 24.8 Å². The molecule has 0 spiro atoms. The van der Waals surface area contributed by atoms with E-state index in [4.69, 9.17) is 5.73 Å². The van der Waals surface area contributed by atoms with Gasteiger partial charge in [0.05, 0.1) is 0 Å². The molecule has 0 heterocycles. The lowest BCUT2D eigenvalue weighted by molar-refractivity contribution is 0.386. The van der Waals surface area contributed by atoms with Gasteiger partial charge in [-0.3, -0.25) is 0 Å². The minimum Gasteiger partial charge on any atom is -0.327 e. The normalized spacial score (nSPS) is 32.3. The van der Waals surface area contributed by atoms with Gasteiger partial charge in [-0.25, -0.2) is 8.78 Å². The van der Waals surface area contributed by atoms with Crippen LogP contribution >= 0.6 is 0 Å². The fourth-order valence-electron chi connectivity index (χ4n) is 3.24. The van der Waals surface area contributed by atoms with Crippen LogP contribution in [0.2, 0.25) is 0 Å². The van der Waals surface area contributed by atoms with E-state index in [1.165, 1.54) is 19.3 Å². The number of fused-ring (bicyclic) bond motifs is 1. The van der Waals surface area contributed by atoms with Gasteiger partial charge in [0.25, 0.3) is 0 Å². The Bertz CT molecular complexity index is 422. The maximum atomic E-state index is 13.5. The van der Waals surface area contributed by atoms with Crippen molar-refractivity contribution in [1.29, 1.82) is 0 Å². The van der Waals surface area contributed by atoms with Crippen molar-refractivity contribution in [2.45, 2.75) is 31.7 Å². The predicted octanol–water partition coefficient (Wildman–Crippen LogP) is 2.88. The second-order valence-electron chi connectivity index (χ2n) is 5.57. The molecule has 0 saturated heterocycles. The molecule has 0 aromatic heterocycles. The molecule has 0 radical (unpaired) electrons. The van der Waals surface area contributed by atoms with Gasteiger partial charge in [0.1, 0.15) is 0 Å². The molecule has 2 N–H and O–H groups in total. The first-order valence-electron chi connectivity index (χ1n) is 6.33. The molecule has 2 aliphatic carbocycles. The van der Waals surface area contributed by atoms with Crippen LogP contribution in [0.15, 0.2) is 18.2 Å². The predicted molar refractivity (Wildman–Crippen MR) is 62.4 cm³/mol. The van der Waals surface area contributed by atoms with E-state index in [0.717, 1.165) is 17.9 Å². The molecular formula is C14H17F2N. The van der Waals surface area contributed by atoms with E-state index in [9.17, 15) is 8.78 Å². The van der Waals surface area contributed by atoms with Crippen LogP contribution in [0.3, 0.4) is 0 Å². The van der Waals surface area contributed by atoms with Crippen LogP contribution in [-0.4, -0.2) is 6.04 Å². The summed E-state index contributed by atoms with van der Waals surface area (Å²) in [6.07, 6.45) is 4.18. The molecule has 1 nitrogen and oxygen atoms in total. The van der Waals surface area contributed by atoms with Gasteiger partial charge >= 0.3 is 0 Å². The average molecular weight is 237 g/mol. The van der Waals surface area contributed by atoms with Gasteiger partial charge in [-0.2, -0.15) is 0 Å². The van der Waals surface area contributed by atoms with Crippen molar-refractivity contribution in [2.24, 2.45) is 23.5 Å². The van der Waals surface area contributed by atoms with Crippen molar-refractivity contribution in [3.8, 4) is 0 Å². The van der Waals surface area contributed by atoms with Crippen LogP contribution in [-0.2, 0) is 6.42 Å². The maximum Gasteiger partial charge on any atom is 0.162 e. The number of rotatable bonds is 3. The molecule has 1 aromatic carbocycles. The molecule has 3 heteroatoms. The summed E-state index contributed by atoms with van der Waals surface area (Å²) in [7, 11) is 0. The highest BCUT2D eigenvalue weighted by atomic mass is 19.2. The molecule has 2 fully saturated rings. The van der Waals surface area contributed by atoms with Crippen LogP contribution in [0, 0.1) is 29.4 Å². The van der Waals surface area contributed by atoms with E-state index in [0.29, 0.717) is 17.9 Å². The Kier molecular flexibility index (Phi) is 2.66. The largest absolute Gasteiger partial charge is 0.327 e. The highest BCUT2D eigenvalue weighted by Crippen LogP contribution is 2.55. The van der Waals surface area contributed by atoms with Crippen molar-refractivity contribution < 1.29 is 8.78 Å². The third kappa shape index (κ3) is 2.08. The van der Waals surface area contributed by atoms with Crippen molar-refractivity contribution in [2.75, 3.05) is 0 Å². The van der Waals surface area contributed by atoms with Crippen LogP contribution in [0.5, 0.6) is 0 Å². The van der Waals surface area contributed by atoms with Crippen molar-refractivity contribution in [1.82, 2.24) is 0 Å². The minimum absolute atomic E-state index is 0.0286. The second-order valence-corrected chi connectivity index (χ2v) is 5.57. The lowest BCUT2D eigenvalue weighted by atomic mass is 9.90. The Morgan fingerprint density at radius 2 is 1.88 bits per heavy atom. The van der Waals surface area contributed by atoms with Gasteiger partial charge in [-0.1, -0.05) is 12.1 Å². The van der Waals surface area contributed by atoms with Crippen molar-refractivity contribution in [3.05, 3.63) is 35.4 Å². The number of hydrogen-bond donors (Lipinski definition) is 1. The SMILES string of the molecule is NC(Cc1cccc(F)c1F)C1CC2CC2C1. The molecule has 1 aromatic rings. The first kappa shape index (κ1) is 11.1. The Morgan fingerprint density at radius 1 is 1.18 bits per heavy atom. The summed E-state index contributed by atoms with van der Waals surface area (Å²) in [6.45, 7) is 0. The van der Waals surface area contributed by atoms with Crippen LogP contribution in [0.25, 0.3) is 0 Å². The molecule has 0 bridgehead atoms. The summed E-state index contributed by atoms with van der Waals surface area (Å²) in [4.78, 5) is 0. The number of hydrogen-bond acceptors (Lipinski definition) is 1. The zero-order valence-electron chi connectivity index (χ0n) is 9.70. The van der Waals surface area contributed by atoms with Gasteiger partial charge in [0, 0.05) is 6.04 Å². The van der Waals surface area contributed by atoms with Gasteiger partial charge < -0.3 is 5.73 Å². The monoisotopic (exact) mass is 237 g/mol. The molecule has 0 aliphatic heterocycles. The Balaban J connectivity index is 1.67. The van der Waals surface area contributed by atoms with Crippen LogP contribution < -0.4 is 5.73 Å². The molecule has 2 aliphatic rings. The first-order valence-corrected chi connectivity index (χ1v) is 6.33. The van der Waals surface area contributed by atoms with E-state index in [1.807, 2.05) is 0 Å². The minimum atomic E-state index is -0.774. The Hall–Kier alpha value is -0.960. The number of nitrogens with two attached hydrogens (primary N) is 1. The fourth-order valence-corrected chi connectivity index (χ4v) is 3.24. The maximum absolute atomic E-state index is 13.5. The molecule has 0 amide bonds. The molecular weight excluding hydrogens is 220 g/mol. The third-order valence-electron chi connectivity index (χ3n) is 4.37. The Morgan fingerprint density at radius 3 is 2.59 bits per heavy atom. The third-order valence-corrected chi connectivity index (χ3v) is 4.37. The van der Waals surface area contributed by atoms with Crippen molar-refractivity contribution in [3.63, 3.8) is 0 Å². The fraction of sp³-hybridized carbons (Fsp3) is 0.571. The van der Waals surface area contributed by atoms with E-state index >= 15 is 0 Å². The van der Waals surface area contributed by atoms with Gasteiger partial charge in [-0.15, -0.1) is 0 Å². The standard InChI is InChI=1S/C14H17F2N/c15-12-3-1-2-8(14(12)16)7-13(17)11-5-9-4-10(9)6-11/h1-3,9-11,13H,4-7,17H2. The van der Waals surface area contributed by atoms with Gasteiger partial charge in [0.15, 0.2) is 11.6 Å². The van der Waals surface area contributed by atoms with Crippen LogP contribution in [0.4, 0.5) is 8.78 Å². The molecule has 3 rings (SSSR count). The molecule has 3 atom stereocenters. The zero-order valence-corrected chi connectivity index (χ0v) is 9.70. The number of benzene rings is 1. The summed E-state index contributed by atoms with van der Waals surface area (Å²) in [5.41, 5.74) is 6.54. The summed E-state index contributed by atoms with van der Waals surface area (Å²) >= 11 is 0. The van der Waals surface area contributed by atoms with E-state index in [1.54, 1.807) is 12.1 Å². The van der Waals surface area contributed by atoms with Gasteiger partial charge in [0.2, 0.25) is 0 Å². The Labute approximate surface area is 100 Å². The lowest BCUT2D eigenvalue weighted by Crippen LogP contribution is -2.32. The summed E-state index contributed by atoms with van der Waals surface area (Å²) in [5, 5.41) is 0. The molecule has 2 saturated carbocycles. The smallest absolute Gasteiger partial charge is 0.162 e.